The molecule has 0 bridgehead atoms. The Morgan fingerprint density at radius 1 is 0.509 bits per heavy atom. The second-order valence-electron chi connectivity index (χ2n) is 17.7. The van der Waals surface area contributed by atoms with Crippen LogP contribution in [0, 0.1) is 0 Å². The van der Waals surface area contributed by atoms with E-state index >= 15 is 0 Å². The lowest BCUT2D eigenvalue weighted by atomic mass is 10.0. The van der Waals surface area contributed by atoms with Gasteiger partial charge in [-0.25, -0.2) is 0 Å². The first-order valence-corrected chi connectivity index (χ1v) is 24.2. The SMILES string of the molecule is CCCCCCCC/C=C\CCCCCCCC(=O)OC(COCCC(C(=O)[O-])[N+](C)(C)C)COC(=O)CCCCCCCCCCCCCCCCCCCC. The molecule has 0 aliphatic carbocycles. The summed E-state index contributed by atoms with van der Waals surface area (Å²) < 4.78 is 17.2. The van der Waals surface area contributed by atoms with Gasteiger partial charge in [0.2, 0.25) is 0 Å². The van der Waals surface area contributed by atoms with Gasteiger partial charge in [-0.2, -0.15) is 0 Å². The van der Waals surface area contributed by atoms with Gasteiger partial charge in [0.15, 0.2) is 6.10 Å². The van der Waals surface area contributed by atoms with Crippen LogP contribution in [0.2, 0.25) is 0 Å². The second-order valence-corrected chi connectivity index (χ2v) is 17.7. The van der Waals surface area contributed by atoms with Gasteiger partial charge in [0.25, 0.3) is 0 Å². The van der Waals surface area contributed by atoms with E-state index in [1.807, 2.05) is 0 Å². The molecule has 0 spiro atoms. The van der Waals surface area contributed by atoms with Crippen molar-refractivity contribution < 1.29 is 38.2 Å². The average Bonchev–Trinajstić information content (AvgIpc) is 3.17. The van der Waals surface area contributed by atoms with E-state index in [0.717, 1.165) is 51.4 Å². The number of ether oxygens (including phenoxy) is 3. The molecule has 0 radical (unpaired) electrons. The molecule has 0 aromatic heterocycles. The van der Waals surface area contributed by atoms with Crippen LogP contribution in [0.4, 0.5) is 0 Å². The Morgan fingerprint density at radius 3 is 1.26 bits per heavy atom. The van der Waals surface area contributed by atoms with Crippen molar-refractivity contribution >= 4 is 17.9 Å². The number of likely N-dealkylation sites (N-methyl/N-ethyl adjacent to an activating group) is 1. The van der Waals surface area contributed by atoms with Crippen molar-refractivity contribution in [2.24, 2.45) is 0 Å². The Hall–Kier alpha value is -1.93. The van der Waals surface area contributed by atoms with Crippen LogP contribution < -0.4 is 5.11 Å². The Bertz CT molecular complexity index is 947. The summed E-state index contributed by atoms with van der Waals surface area (Å²) >= 11 is 0. The zero-order valence-electron chi connectivity index (χ0n) is 38.3. The molecule has 0 aromatic rings. The van der Waals surface area contributed by atoms with Crippen LogP contribution >= 0.6 is 0 Å². The van der Waals surface area contributed by atoms with Crippen molar-refractivity contribution in [3.8, 4) is 0 Å². The van der Waals surface area contributed by atoms with Crippen molar-refractivity contribution in [1.29, 1.82) is 0 Å². The van der Waals surface area contributed by atoms with E-state index in [-0.39, 0.29) is 42.7 Å². The summed E-state index contributed by atoms with van der Waals surface area (Å²) in [6.45, 7) is 4.68. The van der Waals surface area contributed by atoms with Gasteiger partial charge in [-0.15, -0.1) is 0 Å². The van der Waals surface area contributed by atoms with E-state index in [4.69, 9.17) is 14.2 Å². The predicted molar refractivity (Wildman–Crippen MR) is 236 cm³/mol. The number of carbonyl (C=O) groups excluding carboxylic acids is 3. The third kappa shape index (κ3) is 39.3. The minimum atomic E-state index is -1.12. The number of aliphatic carboxylic acids is 1. The van der Waals surface area contributed by atoms with E-state index in [0.29, 0.717) is 12.8 Å². The van der Waals surface area contributed by atoms with Crippen LogP contribution in [-0.4, -0.2) is 75.5 Å². The fourth-order valence-corrected chi connectivity index (χ4v) is 7.36. The van der Waals surface area contributed by atoms with E-state index < -0.39 is 18.1 Å². The third-order valence-corrected chi connectivity index (χ3v) is 11.2. The summed E-state index contributed by atoms with van der Waals surface area (Å²) in [7, 11) is 5.42. The number of rotatable bonds is 44. The first-order chi connectivity index (χ1) is 27.6. The van der Waals surface area contributed by atoms with Crippen molar-refractivity contribution in [2.45, 2.75) is 244 Å². The van der Waals surface area contributed by atoms with E-state index in [1.165, 1.54) is 148 Å². The maximum atomic E-state index is 12.7. The number of quaternary nitrogens is 1. The first-order valence-electron chi connectivity index (χ1n) is 24.2. The molecular weight excluding hydrogens is 715 g/mol. The lowest BCUT2D eigenvalue weighted by Crippen LogP contribution is -2.55. The maximum absolute atomic E-state index is 12.7. The molecule has 8 nitrogen and oxygen atoms in total. The summed E-state index contributed by atoms with van der Waals surface area (Å²) in [5.74, 6) is -1.73. The Balaban J connectivity index is 4.25. The zero-order valence-corrected chi connectivity index (χ0v) is 38.3. The molecule has 2 unspecified atom stereocenters. The molecular formula is C49H93NO7. The molecule has 0 amide bonds. The van der Waals surface area contributed by atoms with Gasteiger partial charge in [0.1, 0.15) is 12.6 Å². The normalized spacial score (nSPS) is 12.9. The number of nitrogens with zero attached hydrogens (tertiary/aromatic N) is 1. The smallest absolute Gasteiger partial charge is 0.306 e. The van der Waals surface area contributed by atoms with Crippen LogP contribution in [0.25, 0.3) is 0 Å². The monoisotopic (exact) mass is 808 g/mol. The van der Waals surface area contributed by atoms with E-state index in [9.17, 15) is 19.5 Å². The van der Waals surface area contributed by atoms with Crippen LogP contribution in [0.1, 0.15) is 232 Å². The number of carboxylic acids is 1. The lowest BCUT2D eigenvalue weighted by molar-refractivity contribution is -0.889. The largest absolute Gasteiger partial charge is 0.544 e. The topological polar surface area (TPSA) is 102 Å². The summed E-state index contributed by atoms with van der Waals surface area (Å²) in [5.41, 5.74) is 0. The molecule has 2 atom stereocenters. The quantitative estimate of drug-likeness (QED) is 0.0261. The molecule has 0 aliphatic heterocycles. The summed E-state index contributed by atoms with van der Waals surface area (Å²) in [5, 5.41) is 11.6. The van der Waals surface area contributed by atoms with Gasteiger partial charge in [-0.1, -0.05) is 187 Å². The number of hydrogen-bond donors (Lipinski definition) is 0. The molecule has 336 valence electrons. The van der Waals surface area contributed by atoms with Gasteiger partial charge in [0.05, 0.1) is 40.3 Å². The van der Waals surface area contributed by atoms with Gasteiger partial charge in [-0.3, -0.25) is 9.59 Å². The highest BCUT2D eigenvalue weighted by Gasteiger charge is 2.25. The zero-order chi connectivity index (χ0) is 42.1. The number of carbonyl (C=O) groups is 3. The summed E-state index contributed by atoms with van der Waals surface area (Å²) in [6.07, 6.45) is 43.7. The molecule has 0 N–H and O–H groups in total. The number of carboxylic acid groups (broad SMARTS) is 1. The fourth-order valence-electron chi connectivity index (χ4n) is 7.36. The van der Waals surface area contributed by atoms with Gasteiger partial charge >= 0.3 is 11.9 Å². The minimum Gasteiger partial charge on any atom is -0.544 e. The molecule has 8 heteroatoms. The average molecular weight is 808 g/mol. The van der Waals surface area contributed by atoms with E-state index in [1.54, 1.807) is 21.1 Å². The Kier molecular flexibility index (Phi) is 39.4. The van der Waals surface area contributed by atoms with Crippen molar-refractivity contribution in [3.05, 3.63) is 12.2 Å². The number of unbranched alkanes of at least 4 members (excludes halogenated alkanes) is 28. The van der Waals surface area contributed by atoms with Gasteiger partial charge in [0, 0.05) is 19.3 Å². The number of esters is 2. The van der Waals surface area contributed by atoms with Gasteiger partial charge in [-0.05, 0) is 38.5 Å². The molecule has 0 heterocycles. The molecule has 0 aliphatic rings. The van der Waals surface area contributed by atoms with Crippen molar-refractivity contribution in [1.82, 2.24) is 0 Å². The van der Waals surface area contributed by atoms with Crippen molar-refractivity contribution in [2.75, 3.05) is 41.0 Å². The lowest BCUT2D eigenvalue weighted by Gasteiger charge is -2.34. The molecule has 0 aromatic carbocycles. The highest BCUT2D eigenvalue weighted by Crippen LogP contribution is 2.16. The number of allylic oxidation sites excluding steroid dienone is 2. The summed E-state index contributed by atoms with van der Waals surface area (Å²) in [6, 6.07) is -0.723. The fraction of sp³-hybridized carbons (Fsp3) is 0.898. The molecule has 0 fully saturated rings. The Morgan fingerprint density at radius 2 is 0.877 bits per heavy atom. The van der Waals surface area contributed by atoms with Crippen LogP contribution in [0.3, 0.4) is 0 Å². The van der Waals surface area contributed by atoms with Crippen LogP contribution in [0.15, 0.2) is 12.2 Å². The third-order valence-electron chi connectivity index (χ3n) is 11.2. The molecule has 57 heavy (non-hydrogen) atoms. The van der Waals surface area contributed by atoms with Crippen LogP contribution in [-0.2, 0) is 28.6 Å². The first kappa shape index (κ1) is 55.1. The predicted octanol–water partition coefficient (Wildman–Crippen LogP) is 12.1. The second kappa shape index (κ2) is 40.8. The summed E-state index contributed by atoms with van der Waals surface area (Å²) in [4.78, 5) is 36.9. The van der Waals surface area contributed by atoms with Crippen LogP contribution in [0.5, 0.6) is 0 Å². The van der Waals surface area contributed by atoms with E-state index in [2.05, 4.69) is 26.0 Å². The highest BCUT2D eigenvalue weighted by atomic mass is 16.6. The Labute approximate surface area is 352 Å². The maximum Gasteiger partial charge on any atom is 0.306 e. The van der Waals surface area contributed by atoms with Gasteiger partial charge < -0.3 is 28.6 Å². The molecule has 0 saturated heterocycles. The standard InChI is InChI=1S/C49H93NO7/c1-6-8-10-12-14-16-18-20-22-23-24-26-27-29-31-33-35-37-39-47(51)56-44-45(43-55-42-41-46(49(53)54)50(3,4)5)57-48(52)40-38-36-34-32-30-28-25-21-19-17-15-13-11-9-7-2/h21,25,45-46H,6-20,22-24,26-44H2,1-5H3/b25-21-. The molecule has 0 rings (SSSR count). The minimum absolute atomic E-state index is 0.0432. The number of hydrogen-bond acceptors (Lipinski definition) is 7. The molecule has 0 saturated carbocycles. The highest BCUT2D eigenvalue weighted by molar-refractivity contribution is 5.70. The van der Waals surface area contributed by atoms with Crippen molar-refractivity contribution in [3.63, 3.8) is 0 Å².